The number of likely N-dealkylation sites (tertiary alicyclic amines) is 1. The lowest BCUT2D eigenvalue weighted by Crippen LogP contribution is -2.47. The zero-order chi connectivity index (χ0) is 15.7. The molecule has 0 spiro atoms. The summed E-state index contributed by atoms with van der Waals surface area (Å²) in [7, 11) is 0. The zero-order valence-electron chi connectivity index (χ0n) is 11.2. The van der Waals surface area contributed by atoms with Gasteiger partial charge in [0.25, 0.3) is 0 Å². The molecule has 2 N–H and O–H groups in total. The van der Waals surface area contributed by atoms with Gasteiger partial charge in [-0.05, 0) is 6.42 Å². The average Bonchev–Trinajstić information content (AvgIpc) is 2.97. The minimum atomic E-state index is -4.77. The van der Waals surface area contributed by atoms with Gasteiger partial charge in [-0.25, -0.2) is 0 Å². The predicted molar refractivity (Wildman–Crippen MR) is 65.3 cm³/mol. The number of hydrogen-bond donors (Lipinski definition) is 2. The second-order valence-corrected chi connectivity index (χ2v) is 5.18. The number of aliphatic hydroxyl groups is 1. The Bertz CT molecular complexity index is 517. The van der Waals surface area contributed by atoms with E-state index in [1.54, 1.807) is 6.20 Å². The number of aromatic nitrogens is 2. The maximum absolute atomic E-state index is 13.0. The van der Waals surface area contributed by atoms with Crippen LogP contribution in [0.1, 0.15) is 12.0 Å². The fourth-order valence-electron chi connectivity index (χ4n) is 2.52. The summed E-state index contributed by atoms with van der Waals surface area (Å²) in [4.78, 5) is 12.5. The van der Waals surface area contributed by atoms with E-state index in [1.165, 1.54) is 15.8 Å². The van der Waals surface area contributed by atoms with Crippen LogP contribution in [-0.4, -0.2) is 56.7 Å². The number of nitrogens with zero attached hydrogens (tertiary/aromatic N) is 3. The topological polar surface area (TPSA) is 78.6 Å². The molecule has 0 aliphatic carbocycles. The van der Waals surface area contributed by atoms with Crippen molar-refractivity contribution in [1.29, 1.82) is 0 Å². The first-order valence-corrected chi connectivity index (χ1v) is 6.43. The summed E-state index contributed by atoms with van der Waals surface area (Å²) in [5.74, 6) is -1.83. The zero-order valence-corrected chi connectivity index (χ0v) is 11.2. The van der Waals surface area contributed by atoms with Gasteiger partial charge in [0.15, 0.2) is 5.41 Å². The summed E-state index contributed by atoms with van der Waals surface area (Å²) in [6.45, 7) is -0.0623. The first kappa shape index (κ1) is 15.8. The molecule has 0 saturated carbocycles. The summed E-state index contributed by atoms with van der Waals surface area (Å²) < 4.78 is 40.6. The van der Waals surface area contributed by atoms with Gasteiger partial charge in [-0.3, -0.25) is 14.4 Å². The highest BCUT2D eigenvalue weighted by Gasteiger charge is 2.63. The van der Waals surface area contributed by atoms with E-state index in [0.29, 0.717) is 12.1 Å². The summed E-state index contributed by atoms with van der Waals surface area (Å²) >= 11 is 0. The molecule has 1 unspecified atom stereocenters. The second-order valence-electron chi connectivity index (χ2n) is 5.18. The first-order valence-electron chi connectivity index (χ1n) is 6.43. The maximum atomic E-state index is 13.0. The third-order valence-electron chi connectivity index (χ3n) is 3.72. The number of aliphatic hydroxyl groups excluding tert-OH is 1. The third-order valence-corrected chi connectivity index (χ3v) is 3.72. The molecular weight excluding hydrogens is 291 g/mol. The van der Waals surface area contributed by atoms with Gasteiger partial charge < -0.3 is 10.2 Å². The van der Waals surface area contributed by atoms with Gasteiger partial charge >= 0.3 is 12.1 Å². The Morgan fingerprint density at radius 3 is 2.71 bits per heavy atom. The summed E-state index contributed by atoms with van der Waals surface area (Å²) in [5.41, 5.74) is -2.00. The van der Waals surface area contributed by atoms with Crippen LogP contribution in [0.4, 0.5) is 13.2 Å². The monoisotopic (exact) mass is 307 g/mol. The largest absolute Gasteiger partial charge is 0.481 e. The maximum Gasteiger partial charge on any atom is 0.406 e. The molecule has 118 valence electrons. The Hall–Kier alpha value is -1.61. The van der Waals surface area contributed by atoms with Crippen molar-refractivity contribution in [2.45, 2.75) is 25.7 Å². The minimum Gasteiger partial charge on any atom is -0.481 e. The molecule has 0 bridgehead atoms. The number of halogens is 3. The Kier molecular flexibility index (Phi) is 4.24. The number of hydrogen-bond acceptors (Lipinski definition) is 4. The Morgan fingerprint density at radius 1 is 1.48 bits per heavy atom. The highest BCUT2D eigenvalue weighted by molar-refractivity contribution is 5.76. The van der Waals surface area contributed by atoms with E-state index in [0.717, 1.165) is 0 Å². The molecule has 0 aromatic carbocycles. The average molecular weight is 307 g/mol. The van der Waals surface area contributed by atoms with E-state index < -0.39 is 30.5 Å². The normalized spacial score (nSPS) is 23.6. The van der Waals surface area contributed by atoms with Crippen LogP contribution in [0.2, 0.25) is 0 Å². The fourth-order valence-corrected chi connectivity index (χ4v) is 2.52. The molecule has 1 atom stereocenters. The third kappa shape index (κ3) is 3.03. The van der Waals surface area contributed by atoms with Crippen molar-refractivity contribution in [3.63, 3.8) is 0 Å². The quantitative estimate of drug-likeness (QED) is 0.838. The van der Waals surface area contributed by atoms with E-state index in [-0.39, 0.29) is 19.7 Å². The number of alkyl halides is 3. The number of carboxylic acids is 1. The SMILES string of the molecule is O=C(O)C1(C(F)(F)F)CCN(Cc2cnn(CCO)c2)C1. The lowest BCUT2D eigenvalue weighted by atomic mass is 9.86. The van der Waals surface area contributed by atoms with Crippen molar-refractivity contribution in [2.75, 3.05) is 19.7 Å². The van der Waals surface area contributed by atoms with E-state index in [2.05, 4.69) is 5.10 Å². The number of aliphatic carboxylic acids is 1. The predicted octanol–water partition coefficient (Wildman–Crippen LogP) is 0.714. The molecule has 1 aromatic rings. The van der Waals surface area contributed by atoms with Gasteiger partial charge in [-0.1, -0.05) is 0 Å². The number of carbonyl (C=O) groups is 1. The van der Waals surface area contributed by atoms with Gasteiger partial charge in [-0.15, -0.1) is 0 Å². The molecule has 1 aliphatic heterocycles. The van der Waals surface area contributed by atoms with Gasteiger partial charge in [-0.2, -0.15) is 18.3 Å². The van der Waals surface area contributed by atoms with Crippen LogP contribution < -0.4 is 0 Å². The van der Waals surface area contributed by atoms with Crippen LogP contribution >= 0.6 is 0 Å². The highest BCUT2D eigenvalue weighted by atomic mass is 19.4. The first-order chi connectivity index (χ1) is 9.78. The van der Waals surface area contributed by atoms with Crippen molar-refractivity contribution in [3.8, 4) is 0 Å². The Morgan fingerprint density at radius 2 is 2.19 bits per heavy atom. The molecule has 1 aromatic heterocycles. The van der Waals surface area contributed by atoms with Crippen LogP contribution in [0.3, 0.4) is 0 Å². The van der Waals surface area contributed by atoms with Crippen LogP contribution in [-0.2, 0) is 17.9 Å². The molecule has 21 heavy (non-hydrogen) atoms. The lowest BCUT2D eigenvalue weighted by molar-refractivity contribution is -0.227. The van der Waals surface area contributed by atoms with Crippen LogP contribution in [0.15, 0.2) is 12.4 Å². The van der Waals surface area contributed by atoms with Gasteiger partial charge in [0.2, 0.25) is 0 Å². The van der Waals surface area contributed by atoms with Gasteiger partial charge in [0.05, 0.1) is 19.3 Å². The van der Waals surface area contributed by atoms with Gasteiger partial charge in [0, 0.05) is 31.4 Å². The van der Waals surface area contributed by atoms with Crippen LogP contribution in [0, 0.1) is 5.41 Å². The Balaban J connectivity index is 2.05. The second kappa shape index (κ2) is 5.64. The van der Waals surface area contributed by atoms with Crippen molar-refractivity contribution in [2.24, 2.45) is 5.41 Å². The molecule has 1 fully saturated rings. The molecule has 9 heteroatoms. The number of rotatable bonds is 5. The molecular formula is C12H16F3N3O3. The summed E-state index contributed by atoms with van der Waals surface area (Å²) in [6.07, 6.45) is -2.08. The molecule has 0 radical (unpaired) electrons. The minimum absolute atomic E-state index is 0.0665. The Labute approximate surface area is 118 Å². The van der Waals surface area contributed by atoms with Gasteiger partial charge in [0.1, 0.15) is 0 Å². The molecule has 0 amide bonds. The lowest BCUT2D eigenvalue weighted by Gasteiger charge is -2.27. The van der Waals surface area contributed by atoms with E-state index in [4.69, 9.17) is 10.2 Å². The highest BCUT2D eigenvalue weighted by Crippen LogP contribution is 2.45. The fraction of sp³-hybridized carbons (Fsp3) is 0.667. The molecule has 6 nitrogen and oxygen atoms in total. The number of carboxylic acid groups (broad SMARTS) is 1. The van der Waals surface area contributed by atoms with E-state index in [1.807, 2.05) is 0 Å². The van der Waals surface area contributed by atoms with E-state index >= 15 is 0 Å². The van der Waals surface area contributed by atoms with Crippen molar-refractivity contribution in [1.82, 2.24) is 14.7 Å². The van der Waals surface area contributed by atoms with Crippen LogP contribution in [0.25, 0.3) is 0 Å². The van der Waals surface area contributed by atoms with E-state index in [9.17, 15) is 18.0 Å². The summed E-state index contributed by atoms with van der Waals surface area (Å²) in [5, 5.41) is 21.7. The van der Waals surface area contributed by atoms with Crippen LogP contribution in [0.5, 0.6) is 0 Å². The smallest absolute Gasteiger partial charge is 0.406 e. The van der Waals surface area contributed by atoms with Crippen molar-refractivity contribution < 1.29 is 28.2 Å². The molecule has 1 saturated heterocycles. The molecule has 2 heterocycles. The van der Waals surface area contributed by atoms with Crippen molar-refractivity contribution >= 4 is 5.97 Å². The molecule has 1 aliphatic rings. The van der Waals surface area contributed by atoms with Crippen molar-refractivity contribution in [3.05, 3.63) is 18.0 Å². The standard InChI is InChI=1S/C12H16F3N3O3/c13-12(14,15)11(10(20)21)1-2-17(8-11)6-9-5-16-18(7-9)3-4-19/h5,7,19H,1-4,6,8H2,(H,20,21). The summed E-state index contributed by atoms with van der Waals surface area (Å²) in [6, 6.07) is 0. The molecule has 2 rings (SSSR count).